The number of carbonyl (C=O) groups is 3. The van der Waals surface area contributed by atoms with Crippen molar-refractivity contribution in [3.8, 4) is 0 Å². The molecule has 0 aromatic carbocycles. The van der Waals surface area contributed by atoms with E-state index in [0.29, 0.717) is 0 Å². The summed E-state index contributed by atoms with van der Waals surface area (Å²) in [7, 11) is 1.45. The van der Waals surface area contributed by atoms with Crippen LogP contribution in [-0.4, -0.2) is 60.8 Å². The Kier molecular flexibility index (Phi) is 7.45. The van der Waals surface area contributed by atoms with Gasteiger partial charge in [0.05, 0.1) is 6.61 Å². The van der Waals surface area contributed by atoms with Crippen molar-refractivity contribution >= 4 is 17.9 Å². The predicted molar refractivity (Wildman–Crippen MR) is 62.9 cm³/mol. The Morgan fingerprint density at radius 2 is 2.06 bits per heavy atom. The maximum atomic E-state index is 11.7. The van der Waals surface area contributed by atoms with Crippen molar-refractivity contribution in [1.82, 2.24) is 10.2 Å². The number of nitrogens with zero attached hydrogens (tertiary/aromatic N) is 1. The van der Waals surface area contributed by atoms with Gasteiger partial charge in [-0.05, 0) is 6.92 Å². The zero-order chi connectivity index (χ0) is 14.1. The minimum Gasteiger partial charge on any atom is -0.480 e. The Morgan fingerprint density at radius 1 is 1.44 bits per heavy atom. The van der Waals surface area contributed by atoms with Gasteiger partial charge in [-0.2, -0.15) is 0 Å². The molecular weight excluding hydrogens is 242 g/mol. The van der Waals surface area contributed by atoms with Crippen LogP contribution in [0.4, 0.5) is 4.79 Å². The smallest absolute Gasteiger partial charge is 0.323 e. The summed E-state index contributed by atoms with van der Waals surface area (Å²) in [5, 5.41) is 11.2. The molecular formula is C10H19N3O5. The molecule has 4 N–H and O–H groups in total. The number of amides is 3. The first-order valence-electron chi connectivity index (χ1n) is 5.41. The van der Waals surface area contributed by atoms with E-state index in [1.165, 1.54) is 7.11 Å². The van der Waals surface area contributed by atoms with Crippen molar-refractivity contribution in [1.29, 1.82) is 0 Å². The van der Waals surface area contributed by atoms with Crippen LogP contribution in [0.3, 0.4) is 0 Å². The molecule has 0 bridgehead atoms. The number of carboxylic acids is 1. The average molecular weight is 261 g/mol. The van der Waals surface area contributed by atoms with Crippen LogP contribution in [0.25, 0.3) is 0 Å². The fourth-order valence-electron chi connectivity index (χ4n) is 1.27. The summed E-state index contributed by atoms with van der Waals surface area (Å²) in [5.74, 6) is -1.66. The van der Waals surface area contributed by atoms with Crippen molar-refractivity contribution in [2.75, 3.05) is 26.8 Å². The molecule has 0 aromatic heterocycles. The van der Waals surface area contributed by atoms with Gasteiger partial charge < -0.3 is 25.8 Å². The summed E-state index contributed by atoms with van der Waals surface area (Å²) >= 11 is 0. The number of primary amides is 1. The molecule has 0 fully saturated rings. The standard InChI is InChI=1S/C10H19N3O5/c1-7(5-8(11)14)12-10(17)13(3-4-18-2)6-9(15)16/h7H,3-6H2,1-2H3,(H2,11,14)(H,12,17)(H,15,16). The van der Waals surface area contributed by atoms with Gasteiger partial charge >= 0.3 is 12.0 Å². The molecule has 0 aromatic rings. The lowest BCUT2D eigenvalue weighted by molar-refractivity contribution is -0.137. The van der Waals surface area contributed by atoms with Crippen LogP contribution in [0.2, 0.25) is 0 Å². The molecule has 0 spiro atoms. The molecule has 0 aliphatic rings. The second-order valence-electron chi connectivity index (χ2n) is 3.83. The number of aliphatic carboxylic acids is 1. The second-order valence-corrected chi connectivity index (χ2v) is 3.83. The van der Waals surface area contributed by atoms with E-state index in [9.17, 15) is 14.4 Å². The highest BCUT2D eigenvalue weighted by molar-refractivity contribution is 5.81. The van der Waals surface area contributed by atoms with Gasteiger partial charge in [0, 0.05) is 26.1 Å². The molecule has 3 amide bonds. The number of nitrogens with two attached hydrogens (primary N) is 1. The minimum atomic E-state index is -1.12. The molecule has 104 valence electrons. The third-order valence-electron chi connectivity index (χ3n) is 2.06. The van der Waals surface area contributed by atoms with Crippen LogP contribution in [0, 0.1) is 0 Å². The third kappa shape index (κ3) is 7.44. The molecule has 0 rings (SSSR count). The van der Waals surface area contributed by atoms with Crippen LogP contribution in [0.5, 0.6) is 0 Å². The Hall–Kier alpha value is -1.83. The zero-order valence-electron chi connectivity index (χ0n) is 10.5. The van der Waals surface area contributed by atoms with Gasteiger partial charge in [0.25, 0.3) is 0 Å². The lowest BCUT2D eigenvalue weighted by Gasteiger charge is -2.23. The molecule has 0 aliphatic carbocycles. The number of nitrogens with one attached hydrogen (secondary N) is 1. The van der Waals surface area contributed by atoms with E-state index >= 15 is 0 Å². The highest BCUT2D eigenvalue weighted by Gasteiger charge is 2.18. The number of methoxy groups -OCH3 is 1. The fourth-order valence-corrected chi connectivity index (χ4v) is 1.27. The molecule has 0 saturated heterocycles. The van der Waals surface area contributed by atoms with E-state index in [0.717, 1.165) is 4.90 Å². The minimum absolute atomic E-state index is 0.00305. The summed E-state index contributed by atoms with van der Waals surface area (Å²) < 4.78 is 4.78. The maximum Gasteiger partial charge on any atom is 0.323 e. The van der Waals surface area contributed by atoms with Crippen LogP contribution < -0.4 is 11.1 Å². The number of hydrogen-bond donors (Lipinski definition) is 3. The van der Waals surface area contributed by atoms with Crippen molar-refractivity contribution in [2.24, 2.45) is 5.73 Å². The molecule has 1 unspecified atom stereocenters. The van der Waals surface area contributed by atoms with Crippen molar-refractivity contribution in [2.45, 2.75) is 19.4 Å². The van der Waals surface area contributed by atoms with Crippen LogP contribution in [-0.2, 0) is 14.3 Å². The van der Waals surface area contributed by atoms with E-state index in [2.05, 4.69) is 5.32 Å². The molecule has 8 heteroatoms. The molecule has 1 atom stereocenters. The number of carbonyl (C=O) groups excluding carboxylic acids is 2. The Labute approximate surface area is 105 Å². The summed E-state index contributed by atoms with van der Waals surface area (Å²) in [6.07, 6.45) is -0.00305. The summed E-state index contributed by atoms with van der Waals surface area (Å²) in [4.78, 5) is 34.1. The molecule has 0 heterocycles. The first-order valence-corrected chi connectivity index (χ1v) is 5.41. The first-order chi connectivity index (χ1) is 8.36. The monoisotopic (exact) mass is 261 g/mol. The zero-order valence-corrected chi connectivity index (χ0v) is 10.5. The van der Waals surface area contributed by atoms with Gasteiger partial charge in [-0.15, -0.1) is 0 Å². The Morgan fingerprint density at radius 3 is 2.50 bits per heavy atom. The summed E-state index contributed by atoms with van der Waals surface area (Å²) in [5.41, 5.74) is 4.99. The largest absolute Gasteiger partial charge is 0.480 e. The molecule has 0 aliphatic heterocycles. The summed E-state index contributed by atoms with van der Waals surface area (Å²) in [6, 6.07) is -1.02. The van der Waals surface area contributed by atoms with Crippen LogP contribution in [0.1, 0.15) is 13.3 Å². The lowest BCUT2D eigenvalue weighted by atomic mass is 10.2. The maximum absolute atomic E-state index is 11.7. The van der Waals surface area contributed by atoms with Gasteiger partial charge in [0.1, 0.15) is 6.54 Å². The number of hydrogen-bond acceptors (Lipinski definition) is 4. The quantitative estimate of drug-likeness (QED) is 0.517. The highest BCUT2D eigenvalue weighted by atomic mass is 16.5. The van der Waals surface area contributed by atoms with Gasteiger partial charge in [0.15, 0.2) is 0 Å². The van der Waals surface area contributed by atoms with Crippen LogP contribution in [0.15, 0.2) is 0 Å². The topological polar surface area (TPSA) is 122 Å². The van der Waals surface area contributed by atoms with Crippen molar-refractivity contribution in [3.63, 3.8) is 0 Å². The van der Waals surface area contributed by atoms with E-state index in [4.69, 9.17) is 15.6 Å². The van der Waals surface area contributed by atoms with E-state index < -0.39 is 30.5 Å². The summed E-state index contributed by atoms with van der Waals surface area (Å²) in [6.45, 7) is 1.55. The first kappa shape index (κ1) is 16.2. The molecule has 8 nitrogen and oxygen atoms in total. The Balaban J connectivity index is 4.35. The molecule has 18 heavy (non-hydrogen) atoms. The fraction of sp³-hybridized carbons (Fsp3) is 0.700. The number of rotatable bonds is 8. The Bertz CT molecular complexity index is 308. The van der Waals surface area contributed by atoms with Crippen molar-refractivity contribution < 1.29 is 24.2 Å². The highest BCUT2D eigenvalue weighted by Crippen LogP contribution is 1.95. The number of carboxylic acid groups (broad SMARTS) is 1. The van der Waals surface area contributed by atoms with Gasteiger partial charge in [-0.3, -0.25) is 9.59 Å². The SMILES string of the molecule is COCCN(CC(=O)O)C(=O)NC(C)CC(N)=O. The van der Waals surface area contributed by atoms with Crippen molar-refractivity contribution in [3.05, 3.63) is 0 Å². The normalized spacial score (nSPS) is 11.7. The molecule has 0 radical (unpaired) electrons. The lowest BCUT2D eigenvalue weighted by Crippen LogP contribution is -2.47. The third-order valence-corrected chi connectivity index (χ3v) is 2.06. The van der Waals surface area contributed by atoms with E-state index in [1.807, 2.05) is 0 Å². The average Bonchev–Trinajstić information content (AvgIpc) is 2.22. The predicted octanol–water partition coefficient (Wildman–Crippen LogP) is -1.01. The van der Waals surface area contributed by atoms with E-state index in [1.54, 1.807) is 6.92 Å². The van der Waals surface area contributed by atoms with Gasteiger partial charge in [-0.25, -0.2) is 4.79 Å². The number of urea groups is 1. The number of ether oxygens (including phenoxy) is 1. The van der Waals surface area contributed by atoms with Gasteiger partial charge in [-0.1, -0.05) is 0 Å². The van der Waals surface area contributed by atoms with E-state index in [-0.39, 0.29) is 19.6 Å². The van der Waals surface area contributed by atoms with Gasteiger partial charge in [0.2, 0.25) is 5.91 Å². The second kappa shape index (κ2) is 8.29. The van der Waals surface area contributed by atoms with Crippen LogP contribution >= 0.6 is 0 Å². The molecule has 0 saturated carbocycles.